The summed E-state index contributed by atoms with van der Waals surface area (Å²) < 4.78 is 0. The summed E-state index contributed by atoms with van der Waals surface area (Å²) in [5.41, 5.74) is 3.20. The van der Waals surface area contributed by atoms with Gasteiger partial charge in [0.25, 0.3) is 0 Å². The molecule has 2 N–H and O–H groups in total. The Bertz CT molecular complexity index is 912. The highest BCUT2D eigenvalue weighted by Crippen LogP contribution is 2.20. The Morgan fingerprint density at radius 2 is 1.43 bits per heavy atom. The highest BCUT2D eigenvalue weighted by atomic mass is 35.5. The number of halogens is 1. The van der Waals surface area contributed by atoms with Crippen molar-refractivity contribution in [2.45, 2.75) is 13.8 Å². The van der Waals surface area contributed by atoms with E-state index in [-0.39, 0.29) is 37.4 Å². The van der Waals surface area contributed by atoms with Crippen molar-refractivity contribution in [1.29, 1.82) is 0 Å². The van der Waals surface area contributed by atoms with E-state index >= 15 is 0 Å². The van der Waals surface area contributed by atoms with Crippen LogP contribution in [0.1, 0.15) is 11.1 Å². The largest absolute Gasteiger partial charge is 0.335 e. The third kappa shape index (κ3) is 6.86. The Morgan fingerprint density at radius 3 is 2.07 bits per heavy atom. The van der Waals surface area contributed by atoms with Crippen LogP contribution in [0.25, 0.3) is 0 Å². The fourth-order valence-electron chi connectivity index (χ4n) is 2.90. The third-order valence-corrected chi connectivity index (χ3v) is 4.85. The Balaban J connectivity index is 1.82. The predicted octanol–water partition coefficient (Wildman–Crippen LogP) is 2.92. The normalized spacial score (nSPS) is 10.6. The molecule has 30 heavy (non-hydrogen) atoms. The number of likely N-dealkylation sites (N-methyl/N-ethyl adjacent to an activating group) is 2. The molecule has 2 aromatic carbocycles. The maximum atomic E-state index is 12.4. The summed E-state index contributed by atoms with van der Waals surface area (Å²) in [6.45, 7) is 3.77. The lowest BCUT2D eigenvalue weighted by molar-refractivity contribution is -0.134. The van der Waals surface area contributed by atoms with E-state index < -0.39 is 0 Å². The van der Waals surface area contributed by atoms with Gasteiger partial charge in [0.2, 0.25) is 17.7 Å². The smallest absolute Gasteiger partial charge is 0.243 e. The van der Waals surface area contributed by atoms with Crippen molar-refractivity contribution in [2.75, 3.05) is 44.4 Å². The van der Waals surface area contributed by atoms with Crippen LogP contribution in [0, 0.1) is 13.8 Å². The van der Waals surface area contributed by atoms with E-state index in [1.54, 1.807) is 43.3 Å². The standard InChI is InChI=1S/C22H27ClN4O3/c1-15-8-7-9-16(2)22(15)25-20(29)13-27(4)21(30)14-26(3)12-19(28)24-18-11-6-5-10-17(18)23/h5-11H,12-14H2,1-4H3,(H,24,28)(H,25,29). The molecular weight excluding hydrogens is 404 g/mol. The van der Waals surface area contributed by atoms with E-state index in [0.29, 0.717) is 10.7 Å². The van der Waals surface area contributed by atoms with Gasteiger partial charge in [-0.2, -0.15) is 0 Å². The number of carbonyl (C=O) groups is 3. The monoisotopic (exact) mass is 430 g/mol. The molecule has 0 spiro atoms. The van der Waals surface area contributed by atoms with Gasteiger partial charge in [-0.25, -0.2) is 0 Å². The van der Waals surface area contributed by atoms with Gasteiger partial charge in [-0.05, 0) is 44.2 Å². The number of rotatable bonds is 8. The van der Waals surface area contributed by atoms with E-state index in [9.17, 15) is 14.4 Å². The molecule has 7 nitrogen and oxygen atoms in total. The highest BCUT2D eigenvalue weighted by molar-refractivity contribution is 6.33. The number of hydrogen-bond acceptors (Lipinski definition) is 4. The molecule has 0 unspecified atom stereocenters. The van der Waals surface area contributed by atoms with Gasteiger partial charge in [0, 0.05) is 12.7 Å². The maximum Gasteiger partial charge on any atom is 0.243 e. The quantitative estimate of drug-likeness (QED) is 0.674. The molecule has 0 atom stereocenters. The van der Waals surface area contributed by atoms with Crippen LogP contribution in [0.5, 0.6) is 0 Å². The lowest BCUT2D eigenvalue weighted by Gasteiger charge is -2.22. The van der Waals surface area contributed by atoms with Crippen LogP contribution in [0.2, 0.25) is 5.02 Å². The summed E-state index contributed by atoms with van der Waals surface area (Å²) in [5.74, 6) is -0.823. The predicted molar refractivity (Wildman–Crippen MR) is 120 cm³/mol. The van der Waals surface area contributed by atoms with Crippen LogP contribution in [-0.2, 0) is 14.4 Å². The number of aryl methyl sites for hydroxylation is 2. The molecule has 160 valence electrons. The second-order valence-corrected chi connectivity index (χ2v) is 7.67. The second-order valence-electron chi connectivity index (χ2n) is 7.27. The van der Waals surface area contributed by atoms with Gasteiger partial charge >= 0.3 is 0 Å². The summed E-state index contributed by atoms with van der Waals surface area (Å²) in [4.78, 5) is 39.8. The van der Waals surface area contributed by atoms with E-state index in [1.165, 1.54) is 4.90 Å². The lowest BCUT2D eigenvalue weighted by Crippen LogP contribution is -2.42. The Hall–Kier alpha value is -2.90. The van der Waals surface area contributed by atoms with Gasteiger partial charge in [0.05, 0.1) is 30.3 Å². The first-order chi connectivity index (χ1) is 14.2. The van der Waals surface area contributed by atoms with Crippen LogP contribution >= 0.6 is 11.6 Å². The second kappa shape index (κ2) is 10.8. The Kier molecular flexibility index (Phi) is 8.38. The molecule has 3 amide bonds. The van der Waals surface area contributed by atoms with Crippen molar-refractivity contribution in [3.8, 4) is 0 Å². The minimum absolute atomic E-state index is 0.00309. The van der Waals surface area contributed by atoms with Crippen LogP contribution < -0.4 is 10.6 Å². The number of nitrogens with zero attached hydrogens (tertiary/aromatic N) is 2. The maximum absolute atomic E-state index is 12.4. The summed E-state index contributed by atoms with van der Waals surface area (Å²) >= 11 is 6.03. The van der Waals surface area contributed by atoms with E-state index in [0.717, 1.165) is 16.8 Å². The van der Waals surface area contributed by atoms with Crippen molar-refractivity contribution in [3.05, 3.63) is 58.6 Å². The average Bonchev–Trinajstić information content (AvgIpc) is 2.66. The molecule has 0 aliphatic heterocycles. The molecule has 0 bridgehead atoms. The molecule has 0 saturated heterocycles. The van der Waals surface area contributed by atoms with Crippen molar-refractivity contribution in [3.63, 3.8) is 0 Å². The molecule has 0 heterocycles. The minimum atomic E-state index is -0.283. The highest BCUT2D eigenvalue weighted by Gasteiger charge is 2.17. The van der Waals surface area contributed by atoms with Crippen LogP contribution in [0.4, 0.5) is 11.4 Å². The number of carbonyl (C=O) groups excluding carboxylic acids is 3. The van der Waals surface area contributed by atoms with Gasteiger partial charge in [0.1, 0.15) is 0 Å². The first kappa shape index (κ1) is 23.4. The molecule has 0 fully saturated rings. The van der Waals surface area contributed by atoms with Gasteiger partial charge < -0.3 is 15.5 Å². The summed E-state index contributed by atoms with van der Waals surface area (Å²) in [5, 5.41) is 6.02. The molecule has 2 aromatic rings. The molecular formula is C22H27ClN4O3. The Morgan fingerprint density at radius 1 is 0.833 bits per heavy atom. The van der Waals surface area contributed by atoms with Crippen molar-refractivity contribution in [1.82, 2.24) is 9.80 Å². The molecule has 0 aliphatic carbocycles. The van der Waals surface area contributed by atoms with Crippen LogP contribution in [0.15, 0.2) is 42.5 Å². The number of nitrogens with one attached hydrogen (secondary N) is 2. The van der Waals surface area contributed by atoms with Crippen LogP contribution in [0.3, 0.4) is 0 Å². The third-order valence-electron chi connectivity index (χ3n) is 4.52. The SMILES string of the molecule is Cc1cccc(C)c1NC(=O)CN(C)C(=O)CN(C)CC(=O)Nc1ccccc1Cl. The fourth-order valence-corrected chi connectivity index (χ4v) is 3.08. The zero-order chi connectivity index (χ0) is 22.3. The van der Waals surface area contributed by atoms with E-state index in [4.69, 9.17) is 11.6 Å². The number of para-hydroxylation sites is 2. The first-order valence-corrected chi connectivity index (χ1v) is 9.88. The van der Waals surface area contributed by atoms with E-state index in [1.807, 2.05) is 32.0 Å². The molecule has 0 aliphatic rings. The van der Waals surface area contributed by atoms with Gasteiger partial charge in [-0.1, -0.05) is 41.9 Å². The van der Waals surface area contributed by atoms with Gasteiger partial charge in [0.15, 0.2) is 0 Å². The zero-order valence-corrected chi connectivity index (χ0v) is 18.4. The fraction of sp³-hybridized carbons (Fsp3) is 0.318. The van der Waals surface area contributed by atoms with Crippen molar-refractivity contribution >= 4 is 40.7 Å². The molecule has 2 rings (SSSR count). The lowest BCUT2D eigenvalue weighted by atomic mass is 10.1. The number of amides is 3. The van der Waals surface area contributed by atoms with Crippen LogP contribution in [-0.4, -0.2) is 61.3 Å². The van der Waals surface area contributed by atoms with Crippen molar-refractivity contribution in [2.24, 2.45) is 0 Å². The number of benzene rings is 2. The minimum Gasteiger partial charge on any atom is -0.335 e. The average molecular weight is 431 g/mol. The molecule has 0 aromatic heterocycles. The van der Waals surface area contributed by atoms with Gasteiger partial charge in [-0.3, -0.25) is 19.3 Å². The topological polar surface area (TPSA) is 81.8 Å². The summed E-state index contributed by atoms with van der Waals surface area (Å²) in [6.07, 6.45) is 0. The molecule has 0 saturated carbocycles. The van der Waals surface area contributed by atoms with Gasteiger partial charge in [-0.15, -0.1) is 0 Å². The van der Waals surface area contributed by atoms with E-state index in [2.05, 4.69) is 10.6 Å². The Labute approximate surface area is 182 Å². The number of anilines is 2. The zero-order valence-electron chi connectivity index (χ0n) is 17.7. The van der Waals surface area contributed by atoms with Crippen molar-refractivity contribution < 1.29 is 14.4 Å². The summed E-state index contributed by atoms with van der Waals surface area (Å²) in [7, 11) is 3.22. The first-order valence-electron chi connectivity index (χ1n) is 9.50. The summed E-state index contributed by atoms with van der Waals surface area (Å²) in [6, 6.07) is 12.7. The number of hydrogen-bond donors (Lipinski definition) is 2. The molecule has 8 heteroatoms. The molecule has 0 radical (unpaired) electrons.